The molecule has 146 valence electrons. The van der Waals surface area contributed by atoms with Crippen molar-refractivity contribution < 1.29 is 13.2 Å². The van der Waals surface area contributed by atoms with Gasteiger partial charge in [0.25, 0.3) is 0 Å². The standard InChI is InChI=1S/C17H23N5O3S2/c1-4-21(14-8-9-27(24,25)11-14)16(23)10-26-17-18-19-20-22(17)15-7-5-6-12(2)13(15)3/h5-7,14H,4,8-11H2,1-3H3/t14-/m1/s1. The second-order valence-corrected chi connectivity index (χ2v) is 9.79. The molecule has 2 heterocycles. The maximum atomic E-state index is 12.7. The predicted octanol–water partition coefficient (Wildman–Crippen LogP) is 1.41. The maximum Gasteiger partial charge on any atom is 0.233 e. The fraction of sp³-hybridized carbons (Fsp3) is 0.529. The van der Waals surface area contributed by atoms with Gasteiger partial charge in [0.15, 0.2) is 9.84 Å². The SMILES string of the molecule is CCN(C(=O)CSc1nnnn1-c1cccc(C)c1C)[C@@H]1CCS(=O)(=O)C1. The smallest absolute Gasteiger partial charge is 0.233 e. The Morgan fingerprint density at radius 3 is 2.81 bits per heavy atom. The number of sulfone groups is 1. The highest BCUT2D eigenvalue weighted by Gasteiger charge is 2.33. The molecule has 0 unspecified atom stereocenters. The normalized spacial score (nSPS) is 18.6. The molecule has 1 fully saturated rings. The molecule has 8 nitrogen and oxygen atoms in total. The predicted molar refractivity (Wildman–Crippen MR) is 104 cm³/mol. The molecule has 27 heavy (non-hydrogen) atoms. The Kier molecular flexibility index (Phi) is 5.85. The molecule has 3 rings (SSSR count). The summed E-state index contributed by atoms with van der Waals surface area (Å²) in [5, 5.41) is 12.4. The average Bonchev–Trinajstić information content (AvgIpc) is 3.22. The van der Waals surface area contributed by atoms with Crippen LogP contribution in [-0.4, -0.2) is 69.3 Å². The fourth-order valence-corrected chi connectivity index (χ4v) is 5.75. The number of aromatic nitrogens is 4. The molecule has 2 aromatic rings. The van der Waals surface area contributed by atoms with Gasteiger partial charge in [0.1, 0.15) is 0 Å². The van der Waals surface area contributed by atoms with Gasteiger partial charge in [-0.1, -0.05) is 23.9 Å². The molecule has 0 bridgehead atoms. The fourth-order valence-electron chi connectivity index (χ4n) is 3.25. The van der Waals surface area contributed by atoms with Crippen molar-refractivity contribution in [2.24, 2.45) is 0 Å². The number of benzene rings is 1. The zero-order valence-electron chi connectivity index (χ0n) is 15.6. The van der Waals surface area contributed by atoms with Gasteiger partial charge in [-0.15, -0.1) is 5.10 Å². The largest absolute Gasteiger partial charge is 0.338 e. The average molecular weight is 410 g/mol. The number of amides is 1. The highest BCUT2D eigenvalue weighted by molar-refractivity contribution is 7.99. The minimum Gasteiger partial charge on any atom is -0.338 e. The molecule has 1 amide bonds. The van der Waals surface area contributed by atoms with Gasteiger partial charge in [-0.05, 0) is 54.8 Å². The van der Waals surface area contributed by atoms with Gasteiger partial charge in [-0.3, -0.25) is 4.79 Å². The third-order valence-electron chi connectivity index (χ3n) is 4.88. The number of nitrogens with zero attached hydrogens (tertiary/aromatic N) is 5. The van der Waals surface area contributed by atoms with Crippen LogP contribution >= 0.6 is 11.8 Å². The van der Waals surface area contributed by atoms with E-state index in [1.54, 1.807) is 9.58 Å². The summed E-state index contributed by atoms with van der Waals surface area (Å²) in [6.07, 6.45) is 0.507. The second-order valence-electron chi connectivity index (χ2n) is 6.62. The molecule has 0 radical (unpaired) electrons. The molecule has 0 aliphatic carbocycles. The molecule has 1 aliphatic heterocycles. The van der Waals surface area contributed by atoms with Crippen molar-refractivity contribution >= 4 is 27.5 Å². The number of aryl methyl sites for hydroxylation is 1. The van der Waals surface area contributed by atoms with E-state index in [4.69, 9.17) is 0 Å². The van der Waals surface area contributed by atoms with Crippen LogP contribution in [0.3, 0.4) is 0 Å². The van der Waals surface area contributed by atoms with Crippen molar-refractivity contribution in [3.05, 3.63) is 29.3 Å². The molecule has 1 aromatic heterocycles. The highest BCUT2D eigenvalue weighted by Crippen LogP contribution is 2.24. The van der Waals surface area contributed by atoms with Gasteiger partial charge >= 0.3 is 0 Å². The summed E-state index contributed by atoms with van der Waals surface area (Å²) in [7, 11) is -3.03. The Bertz CT molecular complexity index is 942. The van der Waals surface area contributed by atoms with Crippen LogP contribution < -0.4 is 0 Å². The summed E-state index contributed by atoms with van der Waals surface area (Å²) < 4.78 is 25.1. The zero-order chi connectivity index (χ0) is 19.6. The van der Waals surface area contributed by atoms with Crippen LogP contribution in [0, 0.1) is 13.8 Å². The minimum atomic E-state index is -3.03. The van der Waals surface area contributed by atoms with Crippen LogP contribution in [0.2, 0.25) is 0 Å². The van der Waals surface area contributed by atoms with Crippen LogP contribution in [-0.2, 0) is 14.6 Å². The van der Waals surface area contributed by atoms with E-state index in [0.29, 0.717) is 18.1 Å². The van der Waals surface area contributed by atoms with E-state index < -0.39 is 9.84 Å². The highest BCUT2D eigenvalue weighted by atomic mass is 32.2. The summed E-state index contributed by atoms with van der Waals surface area (Å²) in [6, 6.07) is 5.67. The van der Waals surface area contributed by atoms with E-state index in [1.165, 1.54) is 11.8 Å². The summed E-state index contributed by atoms with van der Waals surface area (Å²) in [4.78, 5) is 14.3. The molecule has 1 aromatic carbocycles. The lowest BCUT2D eigenvalue weighted by molar-refractivity contribution is -0.129. The van der Waals surface area contributed by atoms with Crippen molar-refractivity contribution in [3.63, 3.8) is 0 Å². The molecule has 0 N–H and O–H groups in total. The third kappa shape index (κ3) is 4.32. The number of carbonyl (C=O) groups excluding carboxylic acids is 1. The van der Waals surface area contributed by atoms with E-state index >= 15 is 0 Å². The van der Waals surface area contributed by atoms with Crippen LogP contribution in [0.4, 0.5) is 0 Å². The minimum absolute atomic E-state index is 0.0530. The Labute approximate surface area is 163 Å². The van der Waals surface area contributed by atoms with E-state index in [2.05, 4.69) is 15.5 Å². The van der Waals surface area contributed by atoms with E-state index in [0.717, 1.165) is 16.8 Å². The first-order valence-corrected chi connectivity index (χ1v) is 11.6. The second kappa shape index (κ2) is 7.97. The van der Waals surface area contributed by atoms with Gasteiger partial charge in [-0.2, -0.15) is 4.68 Å². The van der Waals surface area contributed by atoms with Gasteiger partial charge < -0.3 is 4.90 Å². The van der Waals surface area contributed by atoms with Crippen LogP contribution in [0.5, 0.6) is 0 Å². The van der Waals surface area contributed by atoms with Gasteiger partial charge in [0.05, 0.1) is 22.9 Å². The monoisotopic (exact) mass is 409 g/mol. The first kappa shape index (κ1) is 19.8. The Morgan fingerprint density at radius 1 is 1.37 bits per heavy atom. The maximum absolute atomic E-state index is 12.7. The number of carbonyl (C=O) groups is 1. The molecule has 1 aliphatic rings. The van der Waals surface area contributed by atoms with Gasteiger partial charge in [-0.25, -0.2) is 8.42 Å². The quantitative estimate of drug-likeness (QED) is 0.665. The summed E-state index contributed by atoms with van der Waals surface area (Å²) in [5.41, 5.74) is 3.09. The lowest BCUT2D eigenvalue weighted by Gasteiger charge is -2.26. The first-order chi connectivity index (χ1) is 12.8. The Hall–Kier alpha value is -1.94. The zero-order valence-corrected chi connectivity index (χ0v) is 17.3. The topological polar surface area (TPSA) is 98.1 Å². The molecule has 10 heteroatoms. The van der Waals surface area contributed by atoms with Crippen molar-refractivity contribution in [1.82, 2.24) is 25.1 Å². The molecule has 1 atom stereocenters. The van der Waals surface area contributed by atoms with Crippen molar-refractivity contribution in [1.29, 1.82) is 0 Å². The van der Waals surface area contributed by atoms with Gasteiger partial charge in [0.2, 0.25) is 11.1 Å². The molecule has 0 saturated carbocycles. The summed E-state index contributed by atoms with van der Waals surface area (Å²) in [5.74, 6) is 0.271. The Morgan fingerprint density at radius 2 is 2.15 bits per heavy atom. The van der Waals surface area contributed by atoms with Crippen molar-refractivity contribution in [2.45, 2.75) is 38.4 Å². The lowest BCUT2D eigenvalue weighted by atomic mass is 10.1. The molecular weight excluding hydrogens is 386 g/mol. The molecule has 1 saturated heterocycles. The summed E-state index contributed by atoms with van der Waals surface area (Å²) in [6.45, 7) is 6.38. The molecule has 0 spiro atoms. The molecular formula is C17H23N5O3S2. The van der Waals surface area contributed by atoms with E-state index in [9.17, 15) is 13.2 Å². The third-order valence-corrected chi connectivity index (χ3v) is 7.53. The van der Waals surface area contributed by atoms with Gasteiger partial charge in [0, 0.05) is 12.6 Å². The lowest BCUT2D eigenvalue weighted by Crippen LogP contribution is -2.42. The number of hydrogen-bond acceptors (Lipinski definition) is 7. The van der Waals surface area contributed by atoms with E-state index in [1.807, 2.05) is 39.0 Å². The Balaban J connectivity index is 1.71. The number of rotatable bonds is 6. The van der Waals surface area contributed by atoms with Crippen molar-refractivity contribution in [2.75, 3.05) is 23.8 Å². The number of tetrazole rings is 1. The van der Waals surface area contributed by atoms with Crippen LogP contribution in [0.1, 0.15) is 24.5 Å². The number of thioether (sulfide) groups is 1. The number of hydrogen-bond donors (Lipinski definition) is 0. The van der Waals surface area contributed by atoms with Crippen LogP contribution in [0.25, 0.3) is 5.69 Å². The summed E-state index contributed by atoms with van der Waals surface area (Å²) >= 11 is 1.26. The first-order valence-electron chi connectivity index (χ1n) is 8.80. The van der Waals surface area contributed by atoms with E-state index in [-0.39, 0.29) is 29.2 Å². The van der Waals surface area contributed by atoms with Crippen LogP contribution in [0.15, 0.2) is 23.4 Å². The van der Waals surface area contributed by atoms with Crippen molar-refractivity contribution in [3.8, 4) is 5.69 Å².